The zero-order valence-electron chi connectivity index (χ0n) is 18.9. The lowest BCUT2D eigenvalue weighted by Crippen LogP contribution is -2.30. The normalized spacial score (nSPS) is 17.1. The maximum absolute atomic E-state index is 5.10. The molecule has 30 heavy (non-hydrogen) atoms. The fraction of sp³-hybridized carbons (Fsp3) is 0.407. The van der Waals surface area contributed by atoms with Gasteiger partial charge in [0.15, 0.2) is 0 Å². The minimum atomic E-state index is 0.0621. The summed E-state index contributed by atoms with van der Waals surface area (Å²) in [4.78, 5) is 5.10. The third kappa shape index (κ3) is 3.33. The van der Waals surface area contributed by atoms with Crippen LogP contribution >= 0.6 is 11.3 Å². The van der Waals surface area contributed by atoms with Crippen LogP contribution < -0.4 is 14.6 Å². The molecule has 1 aromatic heterocycles. The lowest BCUT2D eigenvalue weighted by Gasteiger charge is -2.27. The van der Waals surface area contributed by atoms with Crippen molar-refractivity contribution in [3.8, 4) is 11.1 Å². The summed E-state index contributed by atoms with van der Waals surface area (Å²) in [5, 5.41) is 3.29. The van der Waals surface area contributed by atoms with Crippen molar-refractivity contribution in [1.29, 1.82) is 0 Å². The third-order valence-corrected chi connectivity index (χ3v) is 6.80. The number of hydrogen-bond donors (Lipinski definition) is 0. The molecule has 0 N–H and O–H groups in total. The molecule has 1 atom stereocenters. The Hall–Kier alpha value is -2.26. The van der Waals surface area contributed by atoms with Gasteiger partial charge < -0.3 is 0 Å². The van der Waals surface area contributed by atoms with Crippen LogP contribution in [0.25, 0.3) is 11.1 Å². The molecule has 0 amide bonds. The molecule has 2 aliphatic heterocycles. The van der Waals surface area contributed by atoms with Crippen molar-refractivity contribution in [1.82, 2.24) is 4.58 Å². The fourth-order valence-electron chi connectivity index (χ4n) is 4.85. The Bertz CT molecular complexity index is 1270. The van der Waals surface area contributed by atoms with Gasteiger partial charge >= 0.3 is 0 Å². The first-order chi connectivity index (χ1) is 14.1. The number of benzene rings is 2. The van der Waals surface area contributed by atoms with E-state index in [4.69, 9.17) is 4.99 Å². The number of nitrogens with zero attached hydrogens (tertiary/aromatic N) is 2. The second-order valence-corrected chi connectivity index (χ2v) is 12.1. The molecule has 2 nitrogen and oxygen atoms in total. The highest BCUT2D eigenvalue weighted by Crippen LogP contribution is 2.45. The molecular weight excluding hydrogens is 384 g/mol. The monoisotopic (exact) mass is 415 g/mol. The zero-order valence-corrected chi connectivity index (χ0v) is 19.7. The molecule has 3 heterocycles. The summed E-state index contributed by atoms with van der Waals surface area (Å²) in [5.74, 6) is 0. The van der Waals surface area contributed by atoms with Crippen LogP contribution in [0.1, 0.15) is 64.4 Å². The quantitative estimate of drug-likeness (QED) is 0.452. The molecule has 0 radical (unpaired) electrons. The molecule has 0 fully saturated rings. The minimum absolute atomic E-state index is 0.0621. The largest absolute Gasteiger partial charge is 0.290 e. The van der Waals surface area contributed by atoms with E-state index in [1.165, 1.54) is 38.2 Å². The lowest BCUT2D eigenvalue weighted by atomic mass is 9.79. The summed E-state index contributed by atoms with van der Waals surface area (Å²) < 4.78 is 3.76. The van der Waals surface area contributed by atoms with Gasteiger partial charge in [0.1, 0.15) is 5.36 Å². The average molecular weight is 416 g/mol. The molecule has 1 unspecified atom stereocenters. The molecule has 0 aliphatic carbocycles. The van der Waals surface area contributed by atoms with Crippen LogP contribution in [0.2, 0.25) is 0 Å². The van der Waals surface area contributed by atoms with Crippen LogP contribution in [-0.4, -0.2) is 0 Å². The van der Waals surface area contributed by atoms with Crippen molar-refractivity contribution in [2.75, 3.05) is 0 Å². The molecule has 0 spiro atoms. The molecule has 5 rings (SSSR count). The van der Waals surface area contributed by atoms with E-state index in [-0.39, 0.29) is 17.0 Å². The Morgan fingerprint density at radius 3 is 2.23 bits per heavy atom. The highest BCUT2D eigenvalue weighted by Gasteiger charge is 2.40. The van der Waals surface area contributed by atoms with Gasteiger partial charge in [-0.15, -0.1) is 0 Å². The molecule has 154 valence electrons. The number of hydrogen-bond acceptors (Lipinski definition) is 2. The first kappa shape index (κ1) is 19.7. The van der Waals surface area contributed by atoms with E-state index < -0.39 is 0 Å². The molecule has 0 saturated carbocycles. The zero-order chi connectivity index (χ0) is 21.3. The number of thiophene rings is 1. The van der Waals surface area contributed by atoms with Gasteiger partial charge in [-0.2, -0.15) is 4.58 Å². The SMILES string of the molecule is CC(C)(C)Cc1cc2c(cc1CC(C)(C)C)[N+]1=c3sccc3=NC1c1ccccc1-2. The van der Waals surface area contributed by atoms with E-state index in [0.717, 1.165) is 18.2 Å². The van der Waals surface area contributed by atoms with Crippen molar-refractivity contribution >= 4 is 17.0 Å². The minimum Gasteiger partial charge on any atom is -0.205 e. The van der Waals surface area contributed by atoms with Crippen LogP contribution in [0.3, 0.4) is 0 Å². The second kappa shape index (κ2) is 6.62. The topological polar surface area (TPSA) is 15.4 Å². The van der Waals surface area contributed by atoms with Gasteiger partial charge in [0.2, 0.25) is 5.69 Å². The summed E-state index contributed by atoms with van der Waals surface area (Å²) in [7, 11) is 0. The number of rotatable bonds is 2. The maximum atomic E-state index is 5.10. The Morgan fingerprint density at radius 2 is 1.53 bits per heavy atom. The predicted octanol–water partition coefficient (Wildman–Crippen LogP) is 6.06. The van der Waals surface area contributed by atoms with Gasteiger partial charge in [-0.3, -0.25) is 0 Å². The van der Waals surface area contributed by atoms with Gasteiger partial charge in [0, 0.05) is 11.6 Å². The van der Waals surface area contributed by atoms with Gasteiger partial charge in [0.25, 0.3) is 10.8 Å². The lowest BCUT2D eigenvalue weighted by molar-refractivity contribution is 0.392. The standard InChI is InChI=1S/C27H31N2S/c1-26(2,3)15-17-13-21-19-9-7-8-10-20(19)24-28-22-11-12-30-25(22)29(24)23(21)14-18(17)16-27(4,5)6/h7-14,24H,15-16H2,1-6H3/q+1. The number of fused-ring (bicyclic) bond motifs is 7. The Labute approximate surface area is 183 Å². The van der Waals surface area contributed by atoms with E-state index in [9.17, 15) is 0 Å². The van der Waals surface area contributed by atoms with Gasteiger partial charge in [0.05, 0.1) is 11.1 Å². The Morgan fingerprint density at radius 1 is 0.867 bits per heavy atom. The van der Waals surface area contributed by atoms with E-state index in [1.54, 1.807) is 11.3 Å². The molecule has 3 heteroatoms. The van der Waals surface area contributed by atoms with Crippen LogP contribution in [0.15, 0.2) is 52.8 Å². The van der Waals surface area contributed by atoms with Crippen LogP contribution in [0, 0.1) is 10.8 Å². The van der Waals surface area contributed by atoms with E-state index in [2.05, 4.69) is 94.0 Å². The van der Waals surface area contributed by atoms with Crippen LogP contribution in [-0.2, 0) is 12.8 Å². The highest BCUT2D eigenvalue weighted by atomic mass is 32.1. The van der Waals surface area contributed by atoms with Crippen molar-refractivity contribution < 1.29 is 0 Å². The summed E-state index contributed by atoms with van der Waals surface area (Å²) in [6, 6.07) is 16.0. The molecule has 0 bridgehead atoms. The molecule has 3 aromatic rings. The third-order valence-electron chi connectivity index (χ3n) is 5.90. The van der Waals surface area contributed by atoms with Gasteiger partial charge in [-0.05, 0) is 58.4 Å². The van der Waals surface area contributed by atoms with Gasteiger partial charge in [-0.25, -0.2) is 4.99 Å². The summed E-state index contributed by atoms with van der Waals surface area (Å²) in [6.45, 7) is 14.0. The van der Waals surface area contributed by atoms with Crippen molar-refractivity contribution in [2.24, 2.45) is 15.8 Å². The Balaban J connectivity index is 1.83. The smallest absolute Gasteiger partial charge is 0.205 e. The van der Waals surface area contributed by atoms with Crippen LogP contribution in [0.4, 0.5) is 5.69 Å². The molecule has 0 saturated heterocycles. The summed E-state index contributed by atoms with van der Waals surface area (Å²) in [5.41, 5.74) is 8.81. The van der Waals surface area contributed by atoms with Crippen molar-refractivity contribution in [3.05, 3.63) is 74.6 Å². The molecule has 2 aromatic carbocycles. The van der Waals surface area contributed by atoms with Crippen LogP contribution in [0.5, 0.6) is 0 Å². The predicted molar refractivity (Wildman–Crippen MR) is 127 cm³/mol. The van der Waals surface area contributed by atoms with Crippen molar-refractivity contribution in [3.63, 3.8) is 0 Å². The molecular formula is C27H31N2S+. The Kier molecular flexibility index (Phi) is 4.34. The van der Waals surface area contributed by atoms with E-state index in [1.807, 2.05) is 0 Å². The fourth-order valence-corrected chi connectivity index (χ4v) is 5.73. The van der Waals surface area contributed by atoms with E-state index >= 15 is 0 Å². The van der Waals surface area contributed by atoms with Crippen molar-refractivity contribution in [2.45, 2.75) is 60.5 Å². The first-order valence-corrected chi connectivity index (χ1v) is 11.8. The second-order valence-electron chi connectivity index (χ2n) is 11.2. The van der Waals surface area contributed by atoms with E-state index in [0.29, 0.717) is 0 Å². The van der Waals surface area contributed by atoms with Gasteiger partial charge in [-0.1, -0.05) is 71.1 Å². The molecule has 2 aliphatic rings. The summed E-state index contributed by atoms with van der Waals surface area (Å²) >= 11 is 1.80. The highest BCUT2D eigenvalue weighted by molar-refractivity contribution is 7.07. The summed E-state index contributed by atoms with van der Waals surface area (Å²) in [6.07, 6.45) is 2.23. The average Bonchev–Trinajstić information content (AvgIpc) is 3.21. The first-order valence-electron chi connectivity index (χ1n) is 10.9. The maximum Gasteiger partial charge on any atom is 0.290 e.